The molecule has 0 fully saturated rings. The van der Waals surface area contributed by atoms with E-state index in [1.54, 1.807) is 6.26 Å². The van der Waals surface area contributed by atoms with Crippen LogP contribution in [0.4, 0.5) is 0 Å². The Balaban J connectivity index is 4.06. The molecule has 0 unspecified atom stereocenters. The predicted molar refractivity (Wildman–Crippen MR) is 33.8 cm³/mol. The molecule has 5 heavy (non-hydrogen) atoms. The lowest BCUT2D eigenvalue weighted by molar-refractivity contribution is 2.52. The van der Waals surface area contributed by atoms with Gasteiger partial charge in [-0.1, -0.05) is 22.4 Å². The number of hydrogen-bond donors (Lipinski definition) is 0. The van der Waals surface area contributed by atoms with E-state index in [-0.39, 0.29) is 0 Å². The van der Waals surface area contributed by atoms with E-state index in [0.717, 1.165) is 0 Å². The molecule has 0 saturated carbocycles. The van der Waals surface area contributed by atoms with E-state index in [0.29, 0.717) is 0 Å². The molecule has 28 valence electrons. The van der Waals surface area contributed by atoms with E-state index < -0.39 is 7.00 Å². The average molecular weight is 122 g/mol. The normalized spacial score (nSPS) is 11.4. The number of hydrogen-bond acceptors (Lipinski definition) is 2. The Morgan fingerprint density at radius 1 is 1.60 bits per heavy atom. The van der Waals surface area contributed by atoms with Gasteiger partial charge in [0.2, 0.25) is 0 Å². The Hall–Kier alpha value is 0.855. The molecule has 0 amide bonds. The van der Waals surface area contributed by atoms with Gasteiger partial charge in [-0.25, -0.2) is 0 Å². The molecule has 0 aromatic carbocycles. The topological polar surface area (TPSA) is 0 Å². The van der Waals surface area contributed by atoms with Gasteiger partial charge in [0.15, 0.2) is 7.12 Å². The second-order valence-electron chi connectivity index (χ2n) is 0.830. The van der Waals surface area contributed by atoms with Gasteiger partial charge in [-0.15, -0.1) is 7.00 Å². The summed E-state index contributed by atoms with van der Waals surface area (Å²) in [6.45, 7) is -1.50. The van der Waals surface area contributed by atoms with Crippen LogP contribution in [-0.4, -0.2) is 13.4 Å². The van der Waals surface area contributed by atoms with Crippen LogP contribution in [0.3, 0.4) is 0 Å². The minimum Gasteiger partial charge on any atom is -0.140 e. The van der Waals surface area contributed by atoms with Crippen LogP contribution in [0.15, 0.2) is 0 Å². The Kier molecular flexibility index (Phi) is 1.80. The molecule has 0 N–H and O–H groups in total. The number of rotatable bonds is 0. The van der Waals surface area contributed by atoms with Gasteiger partial charge in [-0.05, 0) is 6.26 Å². The third-order valence-corrected chi connectivity index (χ3v) is 0. The van der Waals surface area contributed by atoms with E-state index in [2.05, 4.69) is 22.4 Å². The molecule has 0 aliphatic heterocycles. The highest BCUT2D eigenvalue weighted by atomic mass is 33.1. The van der Waals surface area contributed by atoms with Crippen molar-refractivity contribution in [2.45, 2.75) is 0 Å². The molecule has 0 aromatic rings. The Labute approximate surface area is 43.1 Å². The summed E-state index contributed by atoms with van der Waals surface area (Å²) in [5.74, 6) is 0. The van der Waals surface area contributed by atoms with E-state index >= 15 is 0 Å². The van der Waals surface area contributed by atoms with Crippen LogP contribution in [0, 0.1) is 0 Å². The van der Waals surface area contributed by atoms with Crippen LogP contribution in [0.25, 0.3) is 0 Å². The van der Waals surface area contributed by atoms with Crippen molar-refractivity contribution in [2.24, 2.45) is 0 Å². The zero-order valence-electron chi connectivity index (χ0n) is 2.80. The highest BCUT2D eigenvalue weighted by Crippen LogP contribution is 1.64. The monoisotopic (exact) mass is 122 g/mol. The zero-order chi connectivity index (χ0) is 4.50. The maximum Gasteiger partial charge on any atom is 0.177 e. The summed E-state index contributed by atoms with van der Waals surface area (Å²) in [5.41, 5.74) is 0. The average Bonchev–Trinajstić information content (AvgIpc) is 0.722. The quantitative estimate of drug-likeness (QED) is 0.407. The Morgan fingerprint density at radius 2 is 1.60 bits per heavy atom. The van der Waals surface area contributed by atoms with Crippen molar-refractivity contribution < 1.29 is 0 Å². The molecule has 0 aliphatic carbocycles. The molecule has 0 spiro atoms. The van der Waals surface area contributed by atoms with Gasteiger partial charge in [-0.3, -0.25) is 0 Å². The third-order valence-electron chi connectivity index (χ3n) is 0. The van der Waals surface area contributed by atoms with Gasteiger partial charge >= 0.3 is 0 Å². The largest absolute Gasteiger partial charge is 0.177 e. The SMILES string of the molecule is [B]S(C)(=S)=S. The summed E-state index contributed by atoms with van der Waals surface area (Å²) < 4.78 is 0. The van der Waals surface area contributed by atoms with Gasteiger partial charge in [0.25, 0.3) is 0 Å². The van der Waals surface area contributed by atoms with Crippen molar-refractivity contribution >= 4 is 36.5 Å². The van der Waals surface area contributed by atoms with Crippen LogP contribution in [0.2, 0.25) is 0 Å². The van der Waals surface area contributed by atoms with Crippen molar-refractivity contribution in [1.29, 1.82) is 0 Å². The summed E-state index contributed by atoms with van der Waals surface area (Å²) in [7, 11) is 5.07. The van der Waals surface area contributed by atoms with Gasteiger partial charge in [-0.2, -0.15) is 0 Å². The maximum atomic E-state index is 5.07. The lowest BCUT2D eigenvalue weighted by Gasteiger charge is -1.79. The zero-order valence-corrected chi connectivity index (χ0v) is 5.25. The predicted octanol–water partition coefficient (Wildman–Crippen LogP) is -0.222. The fourth-order valence-corrected chi connectivity index (χ4v) is 0. The van der Waals surface area contributed by atoms with Crippen molar-refractivity contribution in [3.8, 4) is 0 Å². The van der Waals surface area contributed by atoms with Crippen LogP contribution in [0.1, 0.15) is 0 Å². The molecule has 4 heteroatoms. The second-order valence-corrected chi connectivity index (χ2v) is 7.28. The lowest BCUT2D eigenvalue weighted by atomic mass is 10.8. The van der Waals surface area contributed by atoms with E-state index in [1.165, 1.54) is 0 Å². The second kappa shape index (κ2) is 1.54. The summed E-state index contributed by atoms with van der Waals surface area (Å²) >= 11 is 9.00. The van der Waals surface area contributed by atoms with Crippen LogP contribution in [-0.2, 0) is 29.4 Å². The molecule has 0 aromatic heterocycles. The Bertz CT molecular complexity index is 90.1. The molecular formula is CH3BS3. The maximum absolute atomic E-state index is 5.07. The summed E-state index contributed by atoms with van der Waals surface area (Å²) in [4.78, 5) is 0. The summed E-state index contributed by atoms with van der Waals surface area (Å²) in [6, 6.07) is 0. The molecular weight excluding hydrogens is 119 g/mol. The fraction of sp³-hybridized carbons (Fsp3) is 1.00. The highest BCUT2D eigenvalue weighted by Gasteiger charge is 1.69. The summed E-state index contributed by atoms with van der Waals surface area (Å²) in [5, 5.41) is 0. The van der Waals surface area contributed by atoms with Crippen LogP contribution < -0.4 is 0 Å². The molecule has 0 heterocycles. The molecule has 0 aliphatic rings. The van der Waals surface area contributed by atoms with Gasteiger partial charge < -0.3 is 0 Å². The van der Waals surface area contributed by atoms with Gasteiger partial charge in [0, 0.05) is 0 Å². The first kappa shape index (κ1) is 5.85. The molecule has 0 saturated heterocycles. The van der Waals surface area contributed by atoms with Crippen molar-refractivity contribution in [2.75, 3.05) is 6.26 Å². The van der Waals surface area contributed by atoms with Crippen molar-refractivity contribution in [3.05, 3.63) is 0 Å². The Morgan fingerprint density at radius 3 is 1.60 bits per heavy atom. The van der Waals surface area contributed by atoms with E-state index in [4.69, 9.17) is 7.12 Å². The fourth-order valence-electron chi connectivity index (χ4n) is 0. The first-order valence-corrected chi connectivity index (χ1v) is 4.93. The molecule has 0 bridgehead atoms. The highest BCUT2D eigenvalue weighted by molar-refractivity contribution is 8.66. The van der Waals surface area contributed by atoms with Crippen LogP contribution in [0.5, 0.6) is 0 Å². The molecule has 0 atom stereocenters. The molecule has 0 nitrogen and oxygen atoms in total. The van der Waals surface area contributed by atoms with Gasteiger partial charge in [0.1, 0.15) is 0 Å². The van der Waals surface area contributed by atoms with E-state index in [9.17, 15) is 0 Å². The molecule has 2 radical (unpaired) electrons. The third kappa shape index (κ3) is 54.1. The van der Waals surface area contributed by atoms with Crippen LogP contribution >= 0.6 is 0 Å². The minimum atomic E-state index is -1.50. The minimum absolute atomic E-state index is 1.50. The van der Waals surface area contributed by atoms with Crippen molar-refractivity contribution in [1.82, 2.24) is 0 Å². The van der Waals surface area contributed by atoms with E-state index in [1.807, 2.05) is 0 Å². The first-order valence-electron chi connectivity index (χ1n) is 0.977. The molecule has 0 rings (SSSR count). The smallest absolute Gasteiger partial charge is 0.140 e. The van der Waals surface area contributed by atoms with Crippen molar-refractivity contribution in [3.63, 3.8) is 0 Å². The first-order chi connectivity index (χ1) is 2.00. The standard InChI is InChI=1S/CH3BS3/c1-5(2,3)4/h1H3. The lowest BCUT2D eigenvalue weighted by Crippen LogP contribution is -1.84. The summed E-state index contributed by atoms with van der Waals surface area (Å²) in [6.07, 6.45) is 1.68. The van der Waals surface area contributed by atoms with Gasteiger partial charge in [0.05, 0.1) is 0 Å².